The molecular formula is C23H19F3N4. The standard InChI is InChI=1S/C23H19F3N4/c24-23(25,26)21-5-1-16(2-6-21)11-22(27)8-10-30-15-20(14-29-30)17-3-4-19-13-28-9-7-18(19)12-17/h1-7,9,12-15,27H,8,10-11H2. The van der Waals surface area contributed by atoms with Crippen molar-refractivity contribution in [1.82, 2.24) is 14.8 Å². The zero-order valence-electron chi connectivity index (χ0n) is 16.0. The van der Waals surface area contributed by atoms with Gasteiger partial charge in [-0.25, -0.2) is 0 Å². The van der Waals surface area contributed by atoms with Crippen molar-refractivity contribution in [2.45, 2.75) is 25.6 Å². The minimum absolute atomic E-state index is 0.324. The molecule has 0 fully saturated rings. The maximum atomic E-state index is 12.6. The molecule has 30 heavy (non-hydrogen) atoms. The van der Waals surface area contributed by atoms with E-state index in [0.717, 1.165) is 34.0 Å². The fraction of sp³-hybridized carbons (Fsp3) is 0.174. The number of hydrogen-bond acceptors (Lipinski definition) is 3. The second-order valence-electron chi connectivity index (χ2n) is 7.15. The number of halogens is 3. The zero-order chi connectivity index (χ0) is 21.1. The number of hydrogen-bond donors (Lipinski definition) is 1. The lowest BCUT2D eigenvalue weighted by atomic mass is 10.0. The van der Waals surface area contributed by atoms with Gasteiger partial charge in [0.1, 0.15) is 0 Å². The van der Waals surface area contributed by atoms with E-state index < -0.39 is 11.7 Å². The summed E-state index contributed by atoms with van der Waals surface area (Å²) in [6.07, 6.45) is 3.78. The number of nitrogens with zero attached hydrogens (tertiary/aromatic N) is 3. The van der Waals surface area contributed by atoms with Crippen LogP contribution in [0.3, 0.4) is 0 Å². The van der Waals surface area contributed by atoms with Crippen molar-refractivity contribution in [3.8, 4) is 11.1 Å². The Kier molecular flexibility index (Phi) is 5.35. The average molecular weight is 408 g/mol. The Hall–Kier alpha value is -3.48. The third-order valence-corrected chi connectivity index (χ3v) is 4.95. The van der Waals surface area contributed by atoms with Gasteiger partial charge < -0.3 is 5.41 Å². The first-order chi connectivity index (χ1) is 14.4. The molecule has 4 aromatic rings. The van der Waals surface area contributed by atoms with Crippen LogP contribution in [0.5, 0.6) is 0 Å². The van der Waals surface area contributed by atoms with Gasteiger partial charge in [0.15, 0.2) is 0 Å². The van der Waals surface area contributed by atoms with Gasteiger partial charge in [0.05, 0.1) is 11.8 Å². The zero-order valence-corrected chi connectivity index (χ0v) is 16.0. The molecule has 0 saturated carbocycles. The van der Waals surface area contributed by atoms with Crippen LogP contribution in [0.4, 0.5) is 13.2 Å². The van der Waals surface area contributed by atoms with Crippen molar-refractivity contribution < 1.29 is 13.2 Å². The van der Waals surface area contributed by atoms with Crippen molar-refractivity contribution >= 4 is 16.5 Å². The molecule has 0 aliphatic rings. The molecule has 0 radical (unpaired) electrons. The third kappa shape index (κ3) is 4.56. The molecule has 0 bridgehead atoms. The van der Waals surface area contributed by atoms with E-state index in [9.17, 15) is 13.2 Å². The molecule has 0 aliphatic carbocycles. The monoisotopic (exact) mass is 408 g/mol. The summed E-state index contributed by atoms with van der Waals surface area (Å²) in [5.74, 6) is 0. The summed E-state index contributed by atoms with van der Waals surface area (Å²) in [5.41, 5.74) is 2.51. The van der Waals surface area contributed by atoms with Gasteiger partial charge in [0, 0.05) is 54.6 Å². The minimum atomic E-state index is -4.34. The Morgan fingerprint density at radius 2 is 1.73 bits per heavy atom. The lowest BCUT2D eigenvalue weighted by molar-refractivity contribution is -0.137. The van der Waals surface area contributed by atoms with E-state index in [0.29, 0.717) is 30.7 Å². The topological polar surface area (TPSA) is 54.6 Å². The molecule has 2 aromatic heterocycles. The largest absolute Gasteiger partial charge is 0.416 e. The Balaban J connectivity index is 1.36. The van der Waals surface area contributed by atoms with Crippen LogP contribution in [0.15, 0.2) is 73.3 Å². The van der Waals surface area contributed by atoms with Crippen LogP contribution in [0.1, 0.15) is 17.5 Å². The maximum Gasteiger partial charge on any atom is 0.416 e. The fourth-order valence-corrected chi connectivity index (χ4v) is 3.29. The first-order valence-electron chi connectivity index (χ1n) is 9.47. The summed E-state index contributed by atoms with van der Waals surface area (Å²) >= 11 is 0. The van der Waals surface area contributed by atoms with Crippen LogP contribution in [0, 0.1) is 5.41 Å². The van der Waals surface area contributed by atoms with Crippen molar-refractivity contribution in [3.63, 3.8) is 0 Å². The van der Waals surface area contributed by atoms with Crippen molar-refractivity contribution in [1.29, 1.82) is 5.41 Å². The first kappa shape index (κ1) is 19.8. The van der Waals surface area contributed by atoms with Crippen molar-refractivity contribution in [2.24, 2.45) is 0 Å². The van der Waals surface area contributed by atoms with E-state index in [1.165, 1.54) is 12.1 Å². The van der Waals surface area contributed by atoms with Gasteiger partial charge in [-0.15, -0.1) is 0 Å². The van der Waals surface area contributed by atoms with Crippen molar-refractivity contribution in [2.75, 3.05) is 0 Å². The summed E-state index contributed by atoms with van der Waals surface area (Å²) in [5, 5.41) is 14.7. The first-order valence-corrected chi connectivity index (χ1v) is 9.47. The van der Waals surface area contributed by atoms with Gasteiger partial charge in [-0.2, -0.15) is 18.3 Å². The minimum Gasteiger partial charge on any atom is -0.309 e. The van der Waals surface area contributed by atoms with E-state index in [2.05, 4.69) is 16.1 Å². The third-order valence-electron chi connectivity index (χ3n) is 4.95. The van der Waals surface area contributed by atoms with Crippen LogP contribution in [-0.4, -0.2) is 20.5 Å². The van der Waals surface area contributed by atoms with Crippen LogP contribution >= 0.6 is 0 Å². The molecular weight excluding hydrogens is 389 g/mol. The molecule has 0 amide bonds. The predicted molar refractivity (Wildman–Crippen MR) is 110 cm³/mol. The molecule has 0 saturated heterocycles. The molecule has 2 heterocycles. The second kappa shape index (κ2) is 8.10. The lowest BCUT2D eigenvalue weighted by Gasteiger charge is -2.08. The summed E-state index contributed by atoms with van der Waals surface area (Å²) in [7, 11) is 0. The molecule has 152 valence electrons. The van der Waals surface area contributed by atoms with E-state index in [-0.39, 0.29) is 0 Å². The highest BCUT2D eigenvalue weighted by Gasteiger charge is 2.29. The maximum absolute atomic E-state index is 12.6. The number of benzene rings is 2. The van der Waals surface area contributed by atoms with Gasteiger partial charge in [0.25, 0.3) is 0 Å². The number of aryl methyl sites for hydroxylation is 1. The van der Waals surface area contributed by atoms with Gasteiger partial charge in [0.2, 0.25) is 0 Å². The molecule has 0 unspecified atom stereocenters. The number of alkyl halides is 3. The second-order valence-corrected chi connectivity index (χ2v) is 7.15. The Labute approximate surface area is 171 Å². The molecule has 0 atom stereocenters. The Morgan fingerprint density at radius 1 is 0.933 bits per heavy atom. The number of pyridine rings is 1. The highest BCUT2D eigenvalue weighted by molar-refractivity contribution is 5.86. The van der Waals surface area contributed by atoms with Gasteiger partial charge >= 0.3 is 6.18 Å². The van der Waals surface area contributed by atoms with Crippen LogP contribution in [0.25, 0.3) is 21.9 Å². The lowest BCUT2D eigenvalue weighted by Crippen LogP contribution is -2.09. The molecule has 4 rings (SSSR count). The SMILES string of the molecule is N=C(CCn1cc(-c2ccc3cnccc3c2)cn1)Cc1ccc(C(F)(F)F)cc1. The smallest absolute Gasteiger partial charge is 0.309 e. The van der Waals surface area contributed by atoms with E-state index in [1.54, 1.807) is 17.1 Å². The average Bonchev–Trinajstić information content (AvgIpc) is 3.21. The molecule has 2 aromatic carbocycles. The van der Waals surface area contributed by atoms with E-state index >= 15 is 0 Å². The predicted octanol–water partition coefficient (Wildman–Crippen LogP) is 5.77. The normalized spacial score (nSPS) is 11.7. The summed E-state index contributed by atoms with van der Waals surface area (Å²) < 4.78 is 39.7. The Bertz CT molecular complexity index is 1180. The Morgan fingerprint density at radius 3 is 2.50 bits per heavy atom. The molecule has 0 aliphatic heterocycles. The van der Waals surface area contributed by atoms with Crippen LogP contribution in [0.2, 0.25) is 0 Å². The highest BCUT2D eigenvalue weighted by atomic mass is 19.4. The molecule has 7 heteroatoms. The van der Waals surface area contributed by atoms with Gasteiger partial charge in [-0.1, -0.05) is 24.3 Å². The molecule has 0 spiro atoms. The molecule has 1 N–H and O–H groups in total. The quantitative estimate of drug-likeness (QED) is 0.412. The van der Waals surface area contributed by atoms with Crippen LogP contribution in [-0.2, 0) is 19.1 Å². The van der Waals surface area contributed by atoms with E-state index in [4.69, 9.17) is 5.41 Å². The van der Waals surface area contributed by atoms with Gasteiger partial charge in [-0.3, -0.25) is 9.67 Å². The fourth-order valence-electron chi connectivity index (χ4n) is 3.29. The number of fused-ring (bicyclic) bond motifs is 1. The highest BCUT2D eigenvalue weighted by Crippen LogP contribution is 2.29. The number of aromatic nitrogens is 3. The van der Waals surface area contributed by atoms with Crippen LogP contribution < -0.4 is 0 Å². The van der Waals surface area contributed by atoms with E-state index in [1.807, 2.05) is 30.6 Å². The van der Waals surface area contributed by atoms with Gasteiger partial charge in [-0.05, 0) is 40.8 Å². The summed E-state index contributed by atoms with van der Waals surface area (Å²) in [6, 6.07) is 13.1. The number of rotatable bonds is 6. The summed E-state index contributed by atoms with van der Waals surface area (Å²) in [4.78, 5) is 4.12. The molecule has 4 nitrogen and oxygen atoms in total. The van der Waals surface area contributed by atoms with Crippen molar-refractivity contribution in [3.05, 3.63) is 84.4 Å². The summed E-state index contributed by atoms with van der Waals surface area (Å²) in [6.45, 7) is 0.539. The number of nitrogens with one attached hydrogen (secondary N) is 1.